The maximum absolute atomic E-state index is 13.8. The first kappa shape index (κ1) is 21.7. The van der Waals surface area contributed by atoms with Crippen LogP contribution < -0.4 is 15.5 Å². The fraction of sp³-hybridized carbons (Fsp3) is 0.273. The number of carbonyl (C=O) groups excluding carboxylic acids is 2. The van der Waals surface area contributed by atoms with Crippen LogP contribution in [0, 0.1) is 5.82 Å². The van der Waals surface area contributed by atoms with E-state index in [0.29, 0.717) is 37.4 Å². The third-order valence-corrected chi connectivity index (χ3v) is 5.52. The van der Waals surface area contributed by atoms with Crippen molar-refractivity contribution >= 4 is 34.4 Å². The van der Waals surface area contributed by atoms with Crippen molar-refractivity contribution in [3.8, 4) is 0 Å². The van der Waals surface area contributed by atoms with Crippen molar-refractivity contribution in [2.24, 2.45) is 0 Å². The molecule has 2 N–H and O–H groups in total. The average molecular weight is 448 g/mol. The Bertz CT molecular complexity index is 1110. The molecule has 4 rings (SSSR count). The summed E-state index contributed by atoms with van der Waals surface area (Å²) < 4.78 is 54.9. The lowest BCUT2D eigenvalue weighted by atomic mass is 10.1. The second kappa shape index (κ2) is 8.18. The summed E-state index contributed by atoms with van der Waals surface area (Å²) in [5.74, 6) is -1.11. The first-order valence-electron chi connectivity index (χ1n) is 9.93. The Morgan fingerprint density at radius 2 is 1.81 bits per heavy atom. The molecule has 0 saturated carbocycles. The van der Waals surface area contributed by atoms with E-state index in [9.17, 15) is 27.2 Å². The van der Waals surface area contributed by atoms with Gasteiger partial charge < -0.3 is 20.4 Å². The maximum Gasteiger partial charge on any atom is 0.418 e. The highest BCUT2D eigenvalue weighted by Gasteiger charge is 2.36. The van der Waals surface area contributed by atoms with Crippen molar-refractivity contribution in [3.05, 3.63) is 59.5 Å². The van der Waals surface area contributed by atoms with E-state index < -0.39 is 23.5 Å². The molecule has 0 aliphatic carbocycles. The molecule has 0 spiro atoms. The molecule has 0 unspecified atom stereocenters. The number of nitrogens with one attached hydrogen (secondary N) is 2. The van der Waals surface area contributed by atoms with Gasteiger partial charge in [-0.3, -0.25) is 9.59 Å². The second-order valence-corrected chi connectivity index (χ2v) is 7.57. The van der Waals surface area contributed by atoms with Gasteiger partial charge in [0.25, 0.3) is 5.91 Å². The molecule has 10 heteroatoms. The summed E-state index contributed by atoms with van der Waals surface area (Å²) in [6.45, 7) is 2.72. The van der Waals surface area contributed by atoms with Crippen molar-refractivity contribution in [1.82, 2.24) is 4.90 Å². The molecule has 2 aliphatic heterocycles. The first-order valence-corrected chi connectivity index (χ1v) is 9.93. The zero-order chi connectivity index (χ0) is 23.0. The maximum atomic E-state index is 13.8. The Labute approximate surface area is 181 Å². The van der Waals surface area contributed by atoms with Crippen LogP contribution in [-0.4, -0.2) is 42.9 Å². The Hall–Kier alpha value is -3.56. The summed E-state index contributed by atoms with van der Waals surface area (Å²) in [6.07, 6.45) is -3.33. The van der Waals surface area contributed by atoms with Gasteiger partial charge in [-0.2, -0.15) is 13.2 Å². The summed E-state index contributed by atoms with van der Waals surface area (Å²) in [4.78, 5) is 26.8. The Kier molecular flexibility index (Phi) is 5.53. The van der Waals surface area contributed by atoms with Gasteiger partial charge in [-0.15, -0.1) is 0 Å². The highest BCUT2D eigenvalue weighted by molar-refractivity contribution is 6.31. The van der Waals surface area contributed by atoms with Crippen LogP contribution in [0.5, 0.6) is 0 Å². The highest BCUT2D eigenvalue weighted by Crippen LogP contribution is 2.39. The number of hydrogen-bond acceptors (Lipinski definition) is 4. The minimum Gasteiger partial charge on any atom is -0.367 e. The van der Waals surface area contributed by atoms with Crippen LogP contribution in [0.3, 0.4) is 0 Å². The summed E-state index contributed by atoms with van der Waals surface area (Å²) in [6, 6.07) is 7.65. The van der Waals surface area contributed by atoms with Crippen LogP contribution in [0.2, 0.25) is 0 Å². The fourth-order valence-electron chi connectivity index (χ4n) is 3.85. The largest absolute Gasteiger partial charge is 0.418 e. The molecule has 1 saturated heterocycles. The van der Waals surface area contributed by atoms with E-state index in [1.165, 1.54) is 43.5 Å². The monoisotopic (exact) mass is 448 g/mol. The Morgan fingerprint density at radius 1 is 1.09 bits per heavy atom. The zero-order valence-electron chi connectivity index (χ0n) is 17.1. The number of rotatable bonds is 3. The van der Waals surface area contributed by atoms with Crippen LogP contribution in [0.25, 0.3) is 5.57 Å². The van der Waals surface area contributed by atoms with Crippen LogP contribution in [0.4, 0.5) is 34.6 Å². The minimum absolute atomic E-state index is 0.0323. The van der Waals surface area contributed by atoms with Crippen molar-refractivity contribution in [2.75, 3.05) is 41.7 Å². The highest BCUT2D eigenvalue weighted by atomic mass is 19.4. The fourth-order valence-corrected chi connectivity index (χ4v) is 3.85. The van der Waals surface area contributed by atoms with Crippen LogP contribution in [0.1, 0.15) is 18.1 Å². The number of halogens is 4. The number of nitrogens with zero attached hydrogens (tertiary/aromatic N) is 2. The lowest BCUT2D eigenvalue weighted by molar-refractivity contribution is -0.137. The van der Waals surface area contributed by atoms with Crippen molar-refractivity contribution < 1.29 is 27.2 Å². The van der Waals surface area contributed by atoms with E-state index in [1.54, 1.807) is 9.80 Å². The molecule has 2 aromatic carbocycles. The second-order valence-electron chi connectivity index (χ2n) is 7.57. The quantitative estimate of drug-likeness (QED) is 0.552. The van der Waals surface area contributed by atoms with E-state index in [-0.39, 0.29) is 22.9 Å². The van der Waals surface area contributed by atoms with Crippen LogP contribution in [-0.2, 0) is 15.8 Å². The summed E-state index contributed by atoms with van der Waals surface area (Å²) in [5.41, 5.74) is 0.231. The van der Waals surface area contributed by atoms with E-state index in [1.807, 2.05) is 0 Å². The molecule has 6 nitrogen and oxygen atoms in total. The summed E-state index contributed by atoms with van der Waals surface area (Å²) >= 11 is 0. The first-order chi connectivity index (χ1) is 15.1. The number of alkyl halides is 3. The third kappa shape index (κ3) is 4.25. The number of fused-ring (bicyclic) bond motifs is 1. The van der Waals surface area contributed by atoms with Gasteiger partial charge in [-0.1, -0.05) is 0 Å². The topological polar surface area (TPSA) is 64.7 Å². The van der Waals surface area contributed by atoms with Crippen molar-refractivity contribution in [2.45, 2.75) is 13.1 Å². The predicted molar refractivity (Wildman–Crippen MR) is 113 cm³/mol. The normalized spacial score (nSPS) is 17.4. The third-order valence-electron chi connectivity index (χ3n) is 5.52. The number of anilines is 3. The van der Waals surface area contributed by atoms with E-state index in [4.69, 9.17) is 0 Å². The standard InChI is InChI=1S/C22H20F4N4O2/c1-13(31)29-6-8-30(9-7-29)20-5-3-15(11-18(20)22(24,25)26)27-12-17-16-10-14(23)2-4-19(16)28-21(17)32/h2-5,10-12,27H,6-9H2,1H3,(H,28,32). The Balaban J connectivity index is 1.59. The predicted octanol–water partition coefficient (Wildman–Crippen LogP) is 3.92. The molecule has 0 bridgehead atoms. The van der Waals surface area contributed by atoms with Gasteiger partial charge in [0.1, 0.15) is 5.82 Å². The molecule has 2 amide bonds. The van der Waals surface area contributed by atoms with Crippen LogP contribution >= 0.6 is 0 Å². The molecule has 0 aromatic heterocycles. The Morgan fingerprint density at radius 3 is 2.47 bits per heavy atom. The zero-order valence-corrected chi connectivity index (χ0v) is 17.1. The van der Waals surface area contributed by atoms with Gasteiger partial charge in [0.2, 0.25) is 5.91 Å². The molecule has 1 fully saturated rings. The van der Waals surface area contributed by atoms with Gasteiger partial charge in [0, 0.05) is 61.9 Å². The number of piperazine rings is 1. The minimum atomic E-state index is -4.60. The van der Waals surface area contributed by atoms with Gasteiger partial charge >= 0.3 is 6.18 Å². The van der Waals surface area contributed by atoms with Gasteiger partial charge in [-0.25, -0.2) is 4.39 Å². The molecular weight excluding hydrogens is 428 g/mol. The van der Waals surface area contributed by atoms with Crippen LogP contribution in [0.15, 0.2) is 42.6 Å². The molecular formula is C22H20F4N4O2. The lowest BCUT2D eigenvalue weighted by Gasteiger charge is -2.36. The smallest absolute Gasteiger partial charge is 0.367 e. The van der Waals surface area contributed by atoms with E-state index in [0.717, 1.165) is 6.07 Å². The molecule has 0 radical (unpaired) electrons. The van der Waals surface area contributed by atoms with E-state index in [2.05, 4.69) is 10.6 Å². The SMILES string of the molecule is CC(=O)N1CCN(c2ccc(NC=C3C(=O)Nc4ccc(F)cc43)cc2C(F)(F)F)CC1. The number of benzene rings is 2. The lowest BCUT2D eigenvalue weighted by Crippen LogP contribution is -2.48. The molecule has 2 aliphatic rings. The molecule has 32 heavy (non-hydrogen) atoms. The molecule has 2 aromatic rings. The van der Waals surface area contributed by atoms with Gasteiger partial charge in [-0.05, 0) is 36.4 Å². The summed E-state index contributed by atoms with van der Waals surface area (Å²) in [7, 11) is 0. The van der Waals surface area contributed by atoms with Gasteiger partial charge in [0.05, 0.1) is 11.1 Å². The summed E-state index contributed by atoms with van der Waals surface area (Å²) in [5, 5.41) is 5.31. The van der Waals surface area contributed by atoms with Crippen molar-refractivity contribution in [1.29, 1.82) is 0 Å². The number of carbonyl (C=O) groups is 2. The van der Waals surface area contributed by atoms with Gasteiger partial charge in [0.15, 0.2) is 0 Å². The van der Waals surface area contributed by atoms with Crippen molar-refractivity contribution in [3.63, 3.8) is 0 Å². The number of amides is 2. The molecule has 0 atom stereocenters. The molecule has 168 valence electrons. The van der Waals surface area contributed by atoms with E-state index >= 15 is 0 Å². The molecule has 2 heterocycles. The number of hydrogen-bond donors (Lipinski definition) is 2. The average Bonchev–Trinajstić information content (AvgIpc) is 3.05.